The number of amides is 1. The van der Waals surface area contributed by atoms with Crippen LogP contribution in [0.1, 0.15) is 64.5 Å². The van der Waals surface area contributed by atoms with E-state index in [2.05, 4.69) is 38.2 Å². The number of nitrogens with one attached hydrogen (secondary N) is 1. The first-order valence-corrected chi connectivity index (χ1v) is 8.22. The highest BCUT2D eigenvalue weighted by Crippen LogP contribution is 2.27. The molecule has 3 N–H and O–H groups in total. The number of hydrogen-bond donors (Lipinski definition) is 2. The lowest BCUT2D eigenvalue weighted by molar-refractivity contribution is -0.122. The van der Waals surface area contributed by atoms with Gasteiger partial charge in [0.05, 0.1) is 6.04 Å². The number of benzene rings is 1. The number of hydrogen-bond acceptors (Lipinski definition) is 2. The van der Waals surface area contributed by atoms with E-state index in [0.29, 0.717) is 12.3 Å². The maximum absolute atomic E-state index is 12.3. The summed E-state index contributed by atoms with van der Waals surface area (Å²) in [7, 11) is 0. The lowest BCUT2D eigenvalue weighted by Gasteiger charge is -2.27. The van der Waals surface area contributed by atoms with Crippen LogP contribution in [0, 0.1) is 5.92 Å². The molecular formula is C18H30N2O. The van der Waals surface area contributed by atoms with Gasteiger partial charge in [0.2, 0.25) is 5.91 Å². The predicted molar refractivity (Wildman–Crippen MR) is 88.9 cm³/mol. The molecular weight excluding hydrogens is 260 g/mol. The second kappa shape index (κ2) is 9.56. The average molecular weight is 290 g/mol. The first-order valence-electron chi connectivity index (χ1n) is 8.22. The molecule has 3 nitrogen and oxygen atoms in total. The summed E-state index contributed by atoms with van der Waals surface area (Å²) < 4.78 is 0. The standard InChI is InChI=1S/C18H30N2O/c1-4-10-16(19)13-17(21)20-18(14(5-2)6-3)15-11-8-7-9-12-15/h7-9,11-12,14,16,18H,4-6,10,13,19H2,1-3H3,(H,20,21). The van der Waals surface area contributed by atoms with Gasteiger partial charge in [0.1, 0.15) is 0 Å². The molecule has 0 aliphatic carbocycles. The Labute approximate surface area is 129 Å². The zero-order valence-corrected chi connectivity index (χ0v) is 13.6. The molecule has 3 heteroatoms. The molecule has 0 saturated carbocycles. The summed E-state index contributed by atoms with van der Waals surface area (Å²) in [6.07, 6.45) is 4.43. The van der Waals surface area contributed by atoms with E-state index in [1.807, 2.05) is 18.2 Å². The molecule has 0 aromatic heterocycles. The third kappa shape index (κ3) is 5.88. The monoisotopic (exact) mass is 290 g/mol. The molecule has 0 aliphatic heterocycles. The van der Waals surface area contributed by atoms with Gasteiger partial charge in [0.25, 0.3) is 0 Å². The summed E-state index contributed by atoms with van der Waals surface area (Å²) in [5.41, 5.74) is 7.16. The molecule has 0 heterocycles. The third-order valence-electron chi connectivity index (χ3n) is 4.10. The minimum atomic E-state index is -0.0341. The van der Waals surface area contributed by atoms with Gasteiger partial charge in [0.15, 0.2) is 0 Å². The second-order valence-corrected chi connectivity index (χ2v) is 5.79. The minimum Gasteiger partial charge on any atom is -0.349 e. The zero-order valence-electron chi connectivity index (χ0n) is 13.6. The van der Waals surface area contributed by atoms with Crippen LogP contribution in [-0.4, -0.2) is 11.9 Å². The van der Waals surface area contributed by atoms with E-state index in [9.17, 15) is 4.79 Å². The van der Waals surface area contributed by atoms with E-state index in [1.165, 1.54) is 5.56 Å². The highest BCUT2D eigenvalue weighted by Gasteiger charge is 2.22. The van der Waals surface area contributed by atoms with E-state index in [4.69, 9.17) is 5.73 Å². The molecule has 1 aromatic carbocycles. The Balaban J connectivity index is 2.76. The Morgan fingerprint density at radius 3 is 2.29 bits per heavy atom. The van der Waals surface area contributed by atoms with E-state index >= 15 is 0 Å². The van der Waals surface area contributed by atoms with E-state index in [0.717, 1.165) is 25.7 Å². The summed E-state index contributed by atoms with van der Waals surface area (Å²) in [6.45, 7) is 6.45. The predicted octanol–water partition coefficient (Wildman–Crippen LogP) is 3.80. The molecule has 21 heavy (non-hydrogen) atoms. The number of carbonyl (C=O) groups excluding carboxylic acids is 1. The number of carbonyl (C=O) groups is 1. The van der Waals surface area contributed by atoms with Crippen LogP contribution in [0.5, 0.6) is 0 Å². The van der Waals surface area contributed by atoms with Crippen LogP contribution in [0.3, 0.4) is 0 Å². The number of nitrogens with two attached hydrogens (primary N) is 1. The van der Waals surface area contributed by atoms with Gasteiger partial charge >= 0.3 is 0 Å². The summed E-state index contributed by atoms with van der Waals surface area (Å²) in [5.74, 6) is 0.524. The van der Waals surface area contributed by atoms with Crippen LogP contribution in [0.25, 0.3) is 0 Å². The highest BCUT2D eigenvalue weighted by molar-refractivity contribution is 5.77. The molecule has 0 radical (unpaired) electrons. The molecule has 1 amide bonds. The van der Waals surface area contributed by atoms with E-state index in [1.54, 1.807) is 0 Å². The van der Waals surface area contributed by atoms with E-state index in [-0.39, 0.29) is 18.0 Å². The fourth-order valence-corrected chi connectivity index (χ4v) is 2.84. The Morgan fingerprint density at radius 1 is 1.14 bits per heavy atom. The third-order valence-corrected chi connectivity index (χ3v) is 4.10. The Bertz CT molecular complexity index is 401. The Morgan fingerprint density at radius 2 is 1.76 bits per heavy atom. The first kappa shape index (κ1) is 17.7. The topological polar surface area (TPSA) is 55.1 Å². The van der Waals surface area contributed by atoms with Crippen molar-refractivity contribution in [3.8, 4) is 0 Å². The van der Waals surface area contributed by atoms with Crippen molar-refractivity contribution in [1.82, 2.24) is 5.32 Å². The van der Waals surface area contributed by atoms with Crippen LogP contribution in [-0.2, 0) is 4.79 Å². The normalized spacial score (nSPS) is 14.0. The fourth-order valence-electron chi connectivity index (χ4n) is 2.84. The van der Waals surface area contributed by atoms with Crippen LogP contribution in [0.4, 0.5) is 0 Å². The second-order valence-electron chi connectivity index (χ2n) is 5.79. The van der Waals surface area contributed by atoms with Crippen molar-refractivity contribution in [1.29, 1.82) is 0 Å². The van der Waals surface area contributed by atoms with Crippen LogP contribution in [0.15, 0.2) is 30.3 Å². The van der Waals surface area contributed by atoms with Gasteiger partial charge in [-0.15, -0.1) is 0 Å². The van der Waals surface area contributed by atoms with Crippen LogP contribution < -0.4 is 11.1 Å². The van der Waals surface area contributed by atoms with Gasteiger partial charge < -0.3 is 11.1 Å². The number of rotatable bonds is 9. The van der Waals surface area contributed by atoms with Gasteiger partial charge in [-0.2, -0.15) is 0 Å². The van der Waals surface area contributed by atoms with Gasteiger partial charge in [-0.3, -0.25) is 4.79 Å². The molecule has 0 aliphatic rings. The SMILES string of the molecule is CCCC(N)CC(=O)NC(c1ccccc1)C(CC)CC. The van der Waals surface area contributed by atoms with Crippen molar-refractivity contribution in [2.45, 2.75) is 65.0 Å². The van der Waals surface area contributed by atoms with Crippen LogP contribution in [0.2, 0.25) is 0 Å². The molecule has 1 aromatic rings. The average Bonchev–Trinajstić information content (AvgIpc) is 2.48. The van der Waals surface area contributed by atoms with Crippen molar-refractivity contribution in [3.05, 3.63) is 35.9 Å². The quantitative estimate of drug-likeness (QED) is 0.727. The van der Waals surface area contributed by atoms with Crippen molar-refractivity contribution in [2.24, 2.45) is 11.7 Å². The Hall–Kier alpha value is -1.35. The smallest absolute Gasteiger partial charge is 0.222 e. The molecule has 2 atom stereocenters. The maximum atomic E-state index is 12.3. The van der Waals surface area contributed by atoms with Gasteiger partial charge in [-0.05, 0) is 17.9 Å². The maximum Gasteiger partial charge on any atom is 0.222 e. The summed E-state index contributed by atoms with van der Waals surface area (Å²) >= 11 is 0. The van der Waals surface area contributed by atoms with Crippen LogP contribution >= 0.6 is 0 Å². The summed E-state index contributed by atoms with van der Waals surface area (Å²) in [5, 5.41) is 3.21. The molecule has 1 rings (SSSR count). The zero-order chi connectivity index (χ0) is 15.7. The van der Waals surface area contributed by atoms with Gasteiger partial charge in [0, 0.05) is 12.5 Å². The fraction of sp³-hybridized carbons (Fsp3) is 0.611. The first-order chi connectivity index (χ1) is 10.1. The van der Waals surface area contributed by atoms with Crippen molar-refractivity contribution in [3.63, 3.8) is 0 Å². The minimum absolute atomic E-state index is 0.0341. The highest BCUT2D eigenvalue weighted by atomic mass is 16.1. The molecule has 118 valence electrons. The lowest BCUT2D eigenvalue weighted by atomic mass is 9.88. The Kier molecular flexibility index (Phi) is 8.06. The largest absolute Gasteiger partial charge is 0.349 e. The summed E-state index contributed by atoms with van der Waals surface area (Å²) in [4.78, 5) is 12.3. The van der Waals surface area contributed by atoms with Crippen molar-refractivity contribution in [2.75, 3.05) is 0 Å². The molecule has 2 unspecified atom stereocenters. The van der Waals surface area contributed by atoms with Gasteiger partial charge in [-0.25, -0.2) is 0 Å². The van der Waals surface area contributed by atoms with E-state index < -0.39 is 0 Å². The lowest BCUT2D eigenvalue weighted by Crippen LogP contribution is -2.37. The molecule has 0 fully saturated rings. The van der Waals surface area contributed by atoms with Crippen molar-refractivity contribution >= 4 is 5.91 Å². The molecule has 0 bridgehead atoms. The summed E-state index contributed by atoms with van der Waals surface area (Å²) in [6, 6.07) is 10.3. The molecule has 0 saturated heterocycles. The van der Waals surface area contributed by atoms with Crippen molar-refractivity contribution < 1.29 is 4.79 Å². The van der Waals surface area contributed by atoms with Gasteiger partial charge in [-0.1, -0.05) is 70.4 Å². The molecule has 0 spiro atoms.